The van der Waals surface area contributed by atoms with Gasteiger partial charge in [-0.15, -0.1) is 12.4 Å². The second-order valence-corrected chi connectivity index (χ2v) is 5.11. The third-order valence-corrected chi connectivity index (χ3v) is 3.75. The van der Waals surface area contributed by atoms with Crippen LogP contribution in [0.25, 0.3) is 0 Å². The largest absolute Gasteiger partial charge is 0.360 e. The summed E-state index contributed by atoms with van der Waals surface area (Å²) in [5.41, 5.74) is -0.0403. The highest BCUT2D eigenvalue weighted by atomic mass is 35.5. The van der Waals surface area contributed by atoms with E-state index in [2.05, 4.69) is 24.1 Å². The smallest absolute Gasteiger partial charge is 0.116 e. The maximum Gasteiger partial charge on any atom is 0.116 e. The van der Waals surface area contributed by atoms with Crippen molar-refractivity contribution in [1.29, 1.82) is 0 Å². The average Bonchev–Trinajstić information content (AvgIpc) is 2.65. The van der Waals surface area contributed by atoms with Crippen molar-refractivity contribution in [2.75, 3.05) is 32.8 Å². The third-order valence-electron chi connectivity index (χ3n) is 3.75. The van der Waals surface area contributed by atoms with Gasteiger partial charge in [-0.1, -0.05) is 6.92 Å². The molecule has 2 fully saturated rings. The standard InChI is InChI=1S/C12H24N2O.ClH/c1-3-14-7-4-5-11(10-14)9-12(2)13-6-8-15-12;/h11,13H,3-10H2,1-2H3;1H. The second kappa shape index (κ2) is 6.20. The molecule has 2 saturated heterocycles. The minimum Gasteiger partial charge on any atom is -0.360 e. The van der Waals surface area contributed by atoms with E-state index in [9.17, 15) is 0 Å². The van der Waals surface area contributed by atoms with Crippen LogP contribution in [-0.4, -0.2) is 43.4 Å². The van der Waals surface area contributed by atoms with Crippen LogP contribution in [-0.2, 0) is 4.74 Å². The van der Waals surface area contributed by atoms with Gasteiger partial charge in [-0.2, -0.15) is 0 Å². The highest BCUT2D eigenvalue weighted by Gasteiger charge is 2.33. The van der Waals surface area contributed by atoms with Crippen LogP contribution in [0.1, 0.15) is 33.1 Å². The Balaban J connectivity index is 0.00000128. The van der Waals surface area contributed by atoms with Gasteiger partial charge >= 0.3 is 0 Å². The van der Waals surface area contributed by atoms with Crippen molar-refractivity contribution < 1.29 is 4.74 Å². The van der Waals surface area contributed by atoms with Gasteiger partial charge < -0.3 is 9.64 Å². The van der Waals surface area contributed by atoms with Crippen LogP contribution in [0.4, 0.5) is 0 Å². The van der Waals surface area contributed by atoms with E-state index in [1.165, 1.54) is 38.9 Å². The molecule has 2 aliphatic rings. The first-order valence-corrected chi connectivity index (χ1v) is 6.33. The fraction of sp³-hybridized carbons (Fsp3) is 1.00. The van der Waals surface area contributed by atoms with Crippen molar-refractivity contribution >= 4 is 12.4 Å². The molecule has 0 aromatic rings. The Hall–Kier alpha value is 0.170. The normalized spacial score (nSPS) is 36.0. The van der Waals surface area contributed by atoms with E-state index in [-0.39, 0.29) is 18.1 Å². The molecule has 0 bridgehead atoms. The molecule has 16 heavy (non-hydrogen) atoms. The number of likely N-dealkylation sites (tertiary alicyclic amines) is 1. The molecule has 2 aliphatic heterocycles. The zero-order valence-corrected chi connectivity index (χ0v) is 11.3. The predicted octanol–water partition coefficient (Wildman–Crippen LogP) is 1.87. The maximum absolute atomic E-state index is 5.78. The van der Waals surface area contributed by atoms with Gasteiger partial charge in [-0.05, 0) is 45.2 Å². The Bertz CT molecular complexity index is 207. The minimum atomic E-state index is -0.0403. The van der Waals surface area contributed by atoms with Crippen LogP contribution >= 0.6 is 12.4 Å². The molecular formula is C12H25ClN2O. The summed E-state index contributed by atoms with van der Waals surface area (Å²) in [5, 5.41) is 3.47. The fourth-order valence-electron chi connectivity index (χ4n) is 2.93. The van der Waals surface area contributed by atoms with Crippen LogP contribution in [0.15, 0.2) is 0 Å². The van der Waals surface area contributed by atoms with Gasteiger partial charge in [-0.25, -0.2) is 0 Å². The molecule has 0 spiro atoms. The summed E-state index contributed by atoms with van der Waals surface area (Å²) in [6, 6.07) is 0. The lowest BCUT2D eigenvalue weighted by Crippen LogP contribution is -2.44. The van der Waals surface area contributed by atoms with Crippen molar-refractivity contribution in [3.63, 3.8) is 0 Å². The molecule has 0 amide bonds. The molecule has 2 heterocycles. The van der Waals surface area contributed by atoms with Crippen LogP contribution in [0.2, 0.25) is 0 Å². The Morgan fingerprint density at radius 1 is 1.50 bits per heavy atom. The fourth-order valence-corrected chi connectivity index (χ4v) is 2.93. The zero-order chi connectivity index (χ0) is 10.7. The lowest BCUT2D eigenvalue weighted by atomic mass is 9.90. The summed E-state index contributed by atoms with van der Waals surface area (Å²) in [6.07, 6.45) is 3.90. The molecule has 0 aliphatic carbocycles. The average molecular weight is 249 g/mol. The molecule has 4 heteroatoms. The molecule has 2 atom stereocenters. The lowest BCUT2D eigenvalue weighted by Gasteiger charge is -2.36. The van der Waals surface area contributed by atoms with Crippen molar-refractivity contribution in [3.8, 4) is 0 Å². The molecule has 2 rings (SSSR count). The Labute approximate surface area is 105 Å². The van der Waals surface area contributed by atoms with Gasteiger partial charge in [0.2, 0.25) is 0 Å². The highest BCUT2D eigenvalue weighted by Crippen LogP contribution is 2.27. The van der Waals surface area contributed by atoms with Crippen LogP contribution in [0.3, 0.4) is 0 Å². The third kappa shape index (κ3) is 3.59. The topological polar surface area (TPSA) is 24.5 Å². The Kier molecular flexibility index (Phi) is 5.51. The minimum absolute atomic E-state index is 0. The Morgan fingerprint density at radius 2 is 2.31 bits per heavy atom. The number of hydrogen-bond acceptors (Lipinski definition) is 3. The van der Waals surface area contributed by atoms with E-state index in [1.54, 1.807) is 0 Å². The molecule has 1 N–H and O–H groups in total. The summed E-state index contributed by atoms with van der Waals surface area (Å²) in [5.74, 6) is 0.814. The number of nitrogens with one attached hydrogen (secondary N) is 1. The lowest BCUT2D eigenvalue weighted by molar-refractivity contribution is -0.0222. The van der Waals surface area contributed by atoms with Gasteiger partial charge in [0.25, 0.3) is 0 Å². The van der Waals surface area contributed by atoms with E-state index in [4.69, 9.17) is 4.74 Å². The summed E-state index contributed by atoms with van der Waals surface area (Å²) in [6.45, 7) is 10.1. The quantitative estimate of drug-likeness (QED) is 0.825. The number of rotatable bonds is 3. The first-order chi connectivity index (χ1) is 7.22. The number of ether oxygens (including phenoxy) is 1. The Morgan fingerprint density at radius 3 is 2.94 bits per heavy atom. The molecular weight excluding hydrogens is 224 g/mol. The maximum atomic E-state index is 5.78. The summed E-state index contributed by atoms with van der Waals surface area (Å²) in [7, 11) is 0. The first kappa shape index (κ1) is 14.2. The van der Waals surface area contributed by atoms with Crippen molar-refractivity contribution in [2.24, 2.45) is 5.92 Å². The zero-order valence-electron chi connectivity index (χ0n) is 10.5. The van der Waals surface area contributed by atoms with Crippen LogP contribution in [0.5, 0.6) is 0 Å². The van der Waals surface area contributed by atoms with E-state index in [0.717, 1.165) is 19.1 Å². The number of hydrogen-bond donors (Lipinski definition) is 1. The highest BCUT2D eigenvalue weighted by molar-refractivity contribution is 5.85. The van der Waals surface area contributed by atoms with E-state index in [0.29, 0.717) is 0 Å². The van der Waals surface area contributed by atoms with Crippen LogP contribution in [0, 0.1) is 5.92 Å². The molecule has 0 aromatic heterocycles. The molecule has 96 valence electrons. The monoisotopic (exact) mass is 248 g/mol. The van der Waals surface area contributed by atoms with E-state index < -0.39 is 0 Å². The van der Waals surface area contributed by atoms with Crippen molar-refractivity contribution in [2.45, 2.75) is 38.8 Å². The molecule has 0 radical (unpaired) electrons. The van der Waals surface area contributed by atoms with Crippen molar-refractivity contribution in [1.82, 2.24) is 10.2 Å². The SMILES string of the molecule is CCN1CCCC(CC2(C)NCCO2)C1.Cl. The van der Waals surface area contributed by atoms with Crippen LogP contribution < -0.4 is 5.32 Å². The second-order valence-electron chi connectivity index (χ2n) is 5.11. The van der Waals surface area contributed by atoms with E-state index >= 15 is 0 Å². The summed E-state index contributed by atoms with van der Waals surface area (Å²) < 4.78 is 5.78. The van der Waals surface area contributed by atoms with Gasteiger partial charge in [0.1, 0.15) is 5.72 Å². The van der Waals surface area contributed by atoms with Gasteiger partial charge in [0, 0.05) is 13.1 Å². The molecule has 2 unspecified atom stereocenters. The van der Waals surface area contributed by atoms with Gasteiger partial charge in [-0.3, -0.25) is 5.32 Å². The van der Waals surface area contributed by atoms with E-state index in [1.807, 2.05) is 0 Å². The van der Waals surface area contributed by atoms with Crippen molar-refractivity contribution in [3.05, 3.63) is 0 Å². The molecule has 0 aromatic carbocycles. The van der Waals surface area contributed by atoms with Gasteiger partial charge in [0.05, 0.1) is 6.61 Å². The van der Waals surface area contributed by atoms with Gasteiger partial charge in [0.15, 0.2) is 0 Å². The number of nitrogens with zero attached hydrogens (tertiary/aromatic N) is 1. The number of piperidine rings is 1. The summed E-state index contributed by atoms with van der Waals surface area (Å²) >= 11 is 0. The molecule has 0 saturated carbocycles. The predicted molar refractivity (Wildman–Crippen MR) is 69.1 cm³/mol. The first-order valence-electron chi connectivity index (χ1n) is 6.33. The summed E-state index contributed by atoms with van der Waals surface area (Å²) in [4.78, 5) is 2.56. The number of halogens is 1. The molecule has 3 nitrogen and oxygen atoms in total.